The highest BCUT2D eigenvalue weighted by Gasteiger charge is 2.29. The molecule has 4 heteroatoms. The number of aromatic nitrogens is 3. The van der Waals surface area contributed by atoms with Crippen LogP contribution in [0.5, 0.6) is 0 Å². The summed E-state index contributed by atoms with van der Waals surface area (Å²) in [7, 11) is 1.93. The van der Waals surface area contributed by atoms with E-state index < -0.39 is 0 Å². The van der Waals surface area contributed by atoms with Gasteiger partial charge in [-0.3, -0.25) is 0 Å². The Hall–Kier alpha value is -2.36. The average molecular weight is 264 g/mol. The summed E-state index contributed by atoms with van der Waals surface area (Å²) in [6.45, 7) is 0. The monoisotopic (exact) mass is 264 g/mol. The summed E-state index contributed by atoms with van der Waals surface area (Å²) in [6.07, 6.45) is 2.41. The van der Waals surface area contributed by atoms with Gasteiger partial charge >= 0.3 is 0 Å². The van der Waals surface area contributed by atoms with Gasteiger partial charge in [0.15, 0.2) is 11.6 Å². The number of aryl methyl sites for hydroxylation is 1. The summed E-state index contributed by atoms with van der Waals surface area (Å²) in [5.41, 5.74) is 7.92. The molecule has 0 saturated heterocycles. The van der Waals surface area contributed by atoms with Crippen molar-refractivity contribution in [3.05, 3.63) is 42.2 Å². The fourth-order valence-electron chi connectivity index (χ4n) is 2.60. The number of fused-ring (bicyclic) bond motifs is 1. The number of nitrogen functional groups attached to an aromatic ring is 1. The summed E-state index contributed by atoms with van der Waals surface area (Å²) in [5, 5.41) is 6.85. The van der Waals surface area contributed by atoms with E-state index in [1.54, 1.807) is 0 Å². The number of anilines is 1. The van der Waals surface area contributed by atoms with E-state index in [-0.39, 0.29) is 0 Å². The van der Waals surface area contributed by atoms with Crippen LogP contribution in [0.25, 0.3) is 22.2 Å². The van der Waals surface area contributed by atoms with Crippen LogP contribution in [0.1, 0.15) is 24.6 Å². The van der Waals surface area contributed by atoms with E-state index in [2.05, 4.69) is 28.3 Å². The van der Waals surface area contributed by atoms with Gasteiger partial charge in [0, 0.05) is 24.2 Å². The minimum absolute atomic E-state index is 0.552. The number of nitrogens with two attached hydrogens (primary N) is 1. The zero-order valence-electron chi connectivity index (χ0n) is 11.4. The van der Waals surface area contributed by atoms with Crippen LogP contribution in [0.2, 0.25) is 0 Å². The van der Waals surface area contributed by atoms with Gasteiger partial charge in [0.2, 0.25) is 0 Å². The van der Waals surface area contributed by atoms with Crippen molar-refractivity contribution in [2.45, 2.75) is 18.8 Å². The molecule has 3 aromatic rings. The third-order valence-corrected chi connectivity index (χ3v) is 3.88. The summed E-state index contributed by atoms with van der Waals surface area (Å²) in [5.74, 6) is 2.36. The average Bonchev–Trinajstić information content (AvgIpc) is 3.22. The van der Waals surface area contributed by atoms with Gasteiger partial charge in [0.1, 0.15) is 0 Å². The van der Waals surface area contributed by atoms with Gasteiger partial charge in [0.25, 0.3) is 0 Å². The lowest BCUT2D eigenvalue weighted by molar-refractivity contribution is 0.750. The second-order valence-electron chi connectivity index (χ2n) is 5.48. The molecule has 1 heterocycles. The standard InChI is InChI=1S/C16H16N4/c1-20-16(18-15(19-20)10-6-7-10)13-8-11-4-2-3-5-12(11)9-14(13)17/h2-5,8-10H,6-7,17H2,1H3. The Labute approximate surface area is 117 Å². The van der Waals surface area contributed by atoms with Crippen LogP contribution in [-0.2, 0) is 7.05 Å². The zero-order chi connectivity index (χ0) is 13.7. The van der Waals surface area contributed by atoms with E-state index in [9.17, 15) is 0 Å². The molecule has 0 spiro atoms. The van der Waals surface area contributed by atoms with E-state index in [0.717, 1.165) is 28.3 Å². The molecule has 1 aliphatic rings. The molecule has 0 amide bonds. The summed E-state index contributed by atoms with van der Waals surface area (Å²) >= 11 is 0. The largest absolute Gasteiger partial charge is 0.398 e. The van der Waals surface area contributed by atoms with Crippen molar-refractivity contribution in [1.82, 2.24) is 14.8 Å². The Balaban J connectivity index is 1.90. The van der Waals surface area contributed by atoms with Crippen LogP contribution in [0.3, 0.4) is 0 Å². The second kappa shape index (κ2) is 4.07. The first-order chi connectivity index (χ1) is 9.72. The lowest BCUT2D eigenvalue weighted by Gasteiger charge is -2.07. The van der Waals surface area contributed by atoms with Crippen molar-refractivity contribution in [1.29, 1.82) is 0 Å². The van der Waals surface area contributed by atoms with Crippen molar-refractivity contribution in [3.8, 4) is 11.4 Å². The van der Waals surface area contributed by atoms with Crippen molar-refractivity contribution in [2.75, 3.05) is 5.73 Å². The van der Waals surface area contributed by atoms with Gasteiger partial charge in [-0.2, -0.15) is 5.10 Å². The minimum atomic E-state index is 0.552. The normalized spacial score (nSPS) is 14.8. The summed E-state index contributed by atoms with van der Waals surface area (Å²) in [4.78, 5) is 4.68. The molecule has 2 aromatic carbocycles. The highest BCUT2D eigenvalue weighted by Crippen LogP contribution is 2.39. The quantitative estimate of drug-likeness (QED) is 0.724. The Bertz CT molecular complexity index is 799. The number of rotatable bonds is 2. The van der Waals surface area contributed by atoms with Crippen molar-refractivity contribution < 1.29 is 0 Å². The lowest BCUT2D eigenvalue weighted by Crippen LogP contribution is -1.98. The number of nitrogens with zero attached hydrogens (tertiary/aromatic N) is 3. The smallest absolute Gasteiger partial charge is 0.160 e. The van der Waals surface area contributed by atoms with E-state index >= 15 is 0 Å². The summed E-state index contributed by atoms with van der Waals surface area (Å²) in [6, 6.07) is 12.3. The molecule has 1 saturated carbocycles. The molecule has 1 fully saturated rings. The fraction of sp³-hybridized carbons (Fsp3) is 0.250. The predicted molar refractivity (Wildman–Crippen MR) is 80.3 cm³/mol. The molecular weight excluding hydrogens is 248 g/mol. The molecule has 0 atom stereocenters. The molecule has 20 heavy (non-hydrogen) atoms. The Morgan fingerprint density at radius 3 is 2.55 bits per heavy atom. The highest BCUT2D eigenvalue weighted by atomic mass is 15.3. The molecule has 100 valence electrons. The molecule has 0 radical (unpaired) electrons. The van der Waals surface area contributed by atoms with Gasteiger partial charge in [-0.15, -0.1) is 0 Å². The van der Waals surface area contributed by atoms with Gasteiger partial charge in [-0.1, -0.05) is 24.3 Å². The first kappa shape index (κ1) is 11.5. The van der Waals surface area contributed by atoms with E-state index in [4.69, 9.17) is 5.73 Å². The van der Waals surface area contributed by atoms with Gasteiger partial charge in [-0.05, 0) is 35.7 Å². The third-order valence-electron chi connectivity index (χ3n) is 3.88. The Morgan fingerprint density at radius 1 is 1.15 bits per heavy atom. The van der Waals surface area contributed by atoms with Crippen LogP contribution < -0.4 is 5.73 Å². The van der Waals surface area contributed by atoms with Crippen LogP contribution in [0.15, 0.2) is 36.4 Å². The molecule has 1 aliphatic carbocycles. The van der Waals surface area contributed by atoms with E-state index in [1.165, 1.54) is 18.2 Å². The topological polar surface area (TPSA) is 56.7 Å². The first-order valence-corrected chi connectivity index (χ1v) is 6.92. The predicted octanol–water partition coefficient (Wildman–Crippen LogP) is 3.09. The van der Waals surface area contributed by atoms with Crippen LogP contribution in [0, 0.1) is 0 Å². The number of hydrogen-bond acceptors (Lipinski definition) is 3. The van der Waals surface area contributed by atoms with Crippen LogP contribution in [-0.4, -0.2) is 14.8 Å². The first-order valence-electron chi connectivity index (χ1n) is 6.92. The van der Waals surface area contributed by atoms with Crippen LogP contribution in [0.4, 0.5) is 5.69 Å². The van der Waals surface area contributed by atoms with E-state index in [0.29, 0.717) is 5.92 Å². The van der Waals surface area contributed by atoms with Gasteiger partial charge in [0.05, 0.1) is 0 Å². The Morgan fingerprint density at radius 2 is 1.85 bits per heavy atom. The molecular formula is C16H16N4. The summed E-state index contributed by atoms with van der Waals surface area (Å²) < 4.78 is 1.84. The minimum Gasteiger partial charge on any atom is -0.398 e. The number of benzene rings is 2. The van der Waals surface area contributed by atoms with Crippen LogP contribution >= 0.6 is 0 Å². The van der Waals surface area contributed by atoms with E-state index in [1.807, 2.05) is 29.9 Å². The molecule has 4 rings (SSSR count). The SMILES string of the molecule is Cn1nc(C2CC2)nc1-c1cc2ccccc2cc1N. The zero-order valence-corrected chi connectivity index (χ0v) is 11.4. The van der Waals surface area contributed by atoms with Crippen molar-refractivity contribution >= 4 is 16.5 Å². The second-order valence-corrected chi connectivity index (χ2v) is 5.48. The number of hydrogen-bond donors (Lipinski definition) is 1. The maximum absolute atomic E-state index is 6.21. The van der Waals surface area contributed by atoms with Crippen molar-refractivity contribution in [3.63, 3.8) is 0 Å². The molecule has 1 aromatic heterocycles. The highest BCUT2D eigenvalue weighted by molar-refractivity contribution is 5.92. The molecule has 0 unspecified atom stereocenters. The third kappa shape index (κ3) is 1.76. The lowest BCUT2D eigenvalue weighted by atomic mass is 10.0. The molecule has 0 aliphatic heterocycles. The fourth-order valence-corrected chi connectivity index (χ4v) is 2.60. The van der Waals surface area contributed by atoms with Crippen molar-refractivity contribution in [2.24, 2.45) is 7.05 Å². The van der Waals surface area contributed by atoms with Gasteiger partial charge in [-0.25, -0.2) is 9.67 Å². The Kier molecular flexibility index (Phi) is 2.33. The molecule has 0 bridgehead atoms. The van der Waals surface area contributed by atoms with Gasteiger partial charge < -0.3 is 5.73 Å². The maximum Gasteiger partial charge on any atom is 0.160 e. The maximum atomic E-state index is 6.21. The molecule has 2 N–H and O–H groups in total. The molecule has 4 nitrogen and oxygen atoms in total.